The summed E-state index contributed by atoms with van der Waals surface area (Å²) >= 11 is 0. The number of piperazine rings is 1. The Hall–Kier alpha value is -2.86. The molecule has 2 aliphatic rings. The Labute approximate surface area is 209 Å². The minimum atomic E-state index is -0.158. The summed E-state index contributed by atoms with van der Waals surface area (Å²) in [6.07, 6.45) is 7.95. The molecule has 2 aromatic rings. The molecule has 1 heterocycles. The number of nitrogens with one attached hydrogen (secondary N) is 1. The lowest BCUT2D eigenvalue weighted by molar-refractivity contribution is -0.123. The summed E-state index contributed by atoms with van der Waals surface area (Å²) in [7, 11) is 1.64. The highest BCUT2D eigenvalue weighted by atomic mass is 16.5. The third-order valence-corrected chi connectivity index (χ3v) is 7.49. The molecule has 1 atom stereocenters. The Morgan fingerprint density at radius 1 is 0.971 bits per heavy atom. The summed E-state index contributed by atoms with van der Waals surface area (Å²) in [5.41, 5.74) is 2.83. The van der Waals surface area contributed by atoms with E-state index in [-0.39, 0.29) is 17.9 Å². The van der Waals surface area contributed by atoms with Crippen LogP contribution in [0.4, 0.5) is 5.69 Å². The first-order valence-electron chi connectivity index (χ1n) is 13.2. The predicted molar refractivity (Wildman–Crippen MR) is 140 cm³/mol. The van der Waals surface area contributed by atoms with Gasteiger partial charge in [-0.15, -0.1) is 0 Å². The molecule has 4 rings (SSSR count). The number of carbonyl (C=O) groups is 2. The molecular formula is C29H39N3O3. The fraction of sp³-hybridized carbons (Fsp3) is 0.517. The fourth-order valence-corrected chi connectivity index (χ4v) is 5.42. The maximum Gasteiger partial charge on any atom is 0.253 e. The van der Waals surface area contributed by atoms with Crippen LogP contribution >= 0.6 is 0 Å². The van der Waals surface area contributed by atoms with Crippen molar-refractivity contribution in [3.63, 3.8) is 0 Å². The number of rotatable bonds is 9. The van der Waals surface area contributed by atoms with E-state index in [2.05, 4.69) is 29.3 Å². The van der Waals surface area contributed by atoms with Crippen LogP contribution in [-0.4, -0.2) is 60.9 Å². The van der Waals surface area contributed by atoms with Crippen molar-refractivity contribution < 1.29 is 14.3 Å². The summed E-state index contributed by atoms with van der Waals surface area (Å²) in [5.74, 6) is 1.29. The van der Waals surface area contributed by atoms with Crippen molar-refractivity contribution in [3.8, 4) is 5.75 Å². The van der Waals surface area contributed by atoms with Gasteiger partial charge in [0.1, 0.15) is 5.75 Å². The lowest BCUT2D eigenvalue weighted by atomic mass is 9.94. The van der Waals surface area contributed by atoms with Crippen molar-refractivity contribution in [1.29, 1.82) is 0 Å². The van der Waals surface area contributed by atoms with Gasteiger partial charge in [-0.25, -0.2) is 0 Å². The number of nitrogens with zero attached hydrogens (tertiary/aromatic N) is 2. The van der Waals surface area contributed by atoms with Gasteiger partial charge in [-0.05, 0) is 73.6 Å². The molecule has 6 nitrogen and oxygen atoms in total. The zero-order valence-corrected chi connectivity index (χ0v) is 21.2. The van der Waals surface area contributed by atoms with E-state index in [1.54, 1.807) is 7.11 Å². The zero-order chi connectivity index (χ0) is 24.6. The highest BCUT2D eigenvalue weighted by molar-refractivity contribution is 5.95. The zero-order valence-electron chi connectivity index (χ0n) is 21.2. The number of carbonyl (C=O) groups excluding carboxylic acids is 2. The molecule has 0 spiro atoms. The molecule has 1 N–H and O–H groups in total. The SMILES string of the molecule is CCCCc1ccc(C(=O)N2CCN([C@@H](C(=O)Nc3ccc(OC)cc3)C3CCCC3)CC2)cc1. The van der Waals surface area contributed by atoms with Gasteiger partial charge < -0.3 is 15.0 Å². The summed E-state index contributed by atoms with van der Waals surface area (Å²) in [4.78, 5) is 30.8. The highest BCUT2D eigenvalue weighted by Crippen LogP contribution is 2.32. The molecule has 0 aromatic heterocycles. The average molecular weight is 478 g/mol. The van der Waals surface area contributed by atoms with Crippen LogP contribution in [0.25, 0.3) is 0 Å². The van der Waals surface area contributed by atoms with Crippen LogP contribution in [0.3, 0.4) is 0 Å². The van der Waals surface area contributed by atoms with Crippen LogP contribution < -0.4 is 10.1 Å². The van der Waals surface area contributed by atoms with Crippen molar-refractivity contribution in [3.05, 3.63) is 59.7 Å². The lowest BCUT2D eigenvalue weighted by Crippen LogP contribution is -2.56. The Morgan fingerprint density at radius 3 is 2.23 bits per heavy atom. The van der Waals surface area contributed by atoms with Gasteiger partial charge in [0.2, 0.25) is 5.91 Å². The number of aryl methyl sites for hydroxylation is 1. The molecule has 6 heteroatoms. The van der Waals surface area contributed by atoms with Gasteiger partial charge in [0.15, 0.2) is 0 Å². The molecule has 2 fully saturated rings. The Kier molecular flexibility index (Phi) is 8.80. The Bertz CT molecular complexity index is 960. The van der Waals surface area contributed by atoms with Crippen LogP contribution in [0.1, 0.15) is 61.4 Å². The van der Waals surface area contributed by atoms with Gasteiger partial charge in [0, 0.05) is 37.4 Å². The molecule has 2 amide bonds. The van der Waals surface area contributed by atoms with E-state index in [0.29, 0.717) is 19.0 Å². The molecular weight excluding hydrogens is 438 g/mol. The third kappa shape index (κ3) is 6.43. The minimum absolute atomic E-state index is 0.0597. The second kappa shape index (κ2) is 12.2. The lowest BCUT2D eigenvalue weighted by Gasteiger charge is -2.40. The van der Waals surface area contributed by atoms with Gasteiger partial charge in [0.05, 0.1) is 13.2 Å². The van der Waals surface area contributed by atoms with Crippen LogP contribution in [0.5, 0.6) is 5.75 Å². The van der Waals surface area contributed by atoms with Crippen molar-refractivity contribution >= 4 is 17.5 Å². The van der Waals surface area contributed by atoms with Crippen LogP contribution in [0.2, 0.25) is 0 Å². The number of unbranched alkanes of at least 4 members (excludes halogenated alkanes) is 1. The molecule has 188 valence electrons. The number of amides is 2. The first-order valence-corrected chi connectivity index (χ1v) is 13.2. The predicted octanol–water partition coefficient (Wildman–Crippen LogP) is 4.99. The Balaban J connectivity index is 1.37. The van der Waals surface area contributed by atoms with E-state index in [9.17, 15) is 9.59 Å². The fourth-order valence-electron chi connectivity index (χ4n) is 5.42. The highest BCUT2D eigenvalue weighted by Gasteiger charge is 2.37. The van der Waals surface area contributed by atoms with Gasteiger partial charge >= 0.3 is 0 Å². The molecule has 35 heavy (non-hydrogen) atoms. The average Bonchev–Trinajstić information content (AvgIpc) is 3.43. The maximum atomic E-state index is 13.4. The molecule has 0 radical (unpaired) electrons. The quantitative estimate of drug-likeness (QED) is 0.553. The second-order valence-electron chi connectivity index (χ2n) is 9.84. The van der Waals surface area contributed by atoms with Gasteiger partial charge in [-0.2, -0.15) is 0 Å². The second-order valence-corrected chi connectivity index (χ2v) is 9.84. The molecule has 1 saturated heterocycles. The van der Waals surface area contributed by atoms with Crippen molar-refractivity contribution in [2.45, 2.75) is 57.9 Å². The number of methoxy groups -OCH3 is 1. The van der Waals surface area contributed by atoms with Crippen LogP contribution in [0.15, 0.2) is 48.5 Å². The summed E-state index contributed by atoms with van der Waals surface area (Å²) < 4.78 is 5.23. The van der Waals surface area contributed by atoms with Gasteiger partial charge in [-0.3, -0.25) is 14.5 Å². The molecule has 1 aliphatic heterocycles. The largest absolute Gasteiger partial charge is 0.497 e. The van der Waals surface area contributed by atoms with E-state index < -0.39 is 0 Å². The summed E-state index contributed by atoms with van der Waals surface area (Å²) in [6, 6.07) is 15.4. The molecule has 0 bridgehead atoms. The summed E-state index contributed by atoms with van der Waals surface area (Å²) in [5, 5.41) is 3.13. The number of ether oxygens (including phenoxy) is 1. The van der Waals surface area contributed by atoms with Crippen molar-refractivity contribution in [2.24, 2.45) is 5.92 Å². The smallest absolute Gasteiger partial charge is 0.253 e. The molecule has 0 unspecified atom stereocenters. The first-order chi connectivity index (χ1) is 17.1. The Morgan fingerprint density at radius 2 is 1.63 bits per heavy atom. The standard InChI is InChI=1S/C29H39N3O3/c1-3-4-7-22-10-12-24(13-11-22)29(34)32-20-18-31(19-21-32)27(23-8-5-6-9-23)28(33)30-25-14-16-26(35-2)17-15-25/h10-17,23,27H,3-9,18-21H2,1-2H3,(H,30,33)/t27-/m1/s1. The molecule has 1 aliphatic carbocycles. The first kappa shape index (κ1) is 25.2. The topological polar surface area (TPSA) is 61.9 Å². The van der Waals surface area contributed by atoms with Crippen LogP contribution in [-0.2, 0) is 11.2 Å². The third-order valence-electron chi connectivity index (χ3n) is 7.49. The molecule has 2 aromatic carbocycles. The van der Waals surface area contributed by atoms with Crippen molar-refractivity contribution in [2.75, 3.05) is 38.6 Å². The maximum absolute atomic E-state index is 13.4. The van der Waals surface area contributed by atoms with E-state index in [4.69, 9.17) is 4.74 Å². The summed E-state index contributed by atoms with van der Waals surface area (Å²) in [6.45, 7) is 4.93. The van der Waals surface area contributed by atoms with Crippen molar-refractivity contribution in [1.82, 2.24) is 9.80 Å². The van der Waals surface area contributed by atoms with E-state index >= 15 is 0 Å². The minimum Gasteiger partial charge on any atom is -0.497 e. The van der Waals surface area contributed by atoms with Gasteiger partial charge in [0.25, 0.3) is 5.91 Å². The number of anilines is 1. The number of hydrogen-bond acceptors (Lipinski definition) is 4. The van der Waals surface area contributed by atoms with Crippen LogP contribution in [0, 0.1) is 5.92 Å². The van der Waals surface area contributed by atoms with E-state index in [1.807, 2.05) is 41.3 Å². The molecule has 1 saturated carbocycles. The normalized spacial score (nSPS) is 17.8. The van der Waals surface area contributed by atoms with E-state index in [1.165, 1.54) is 31.2 Å². The number of hydrogen-bond donors (Lipinski definition) is 1. The van der Waals surface area contributed by atoms with Gasteiger partial charge in [-0.1, -0.05) is 38.3 Å². The van der Waals surface area contributed by atoms with E-state index in [0.717, 1.165) is 49.4 Å². The number of benzene rings is 2. The monoisotopic (exact) mass is 477 g/mol.